The maximum Gasteiger partial charge on any atom is 0.328 e. The number of para-hydroxylation sites is 2. The van der Waals surface area contributed by atoms with Crippen LogP contribution < -0.4 is 11.0 Å². The Labute approximate surface area is 119 Å². The second-order valence-corrected chi connectivity index (χ2v) is 5.77. The van der Waals surface area contributed by atoms with E-state index in [-0.39, 0.29) is 5.69 Å². The van der Waals surface area contributed by atoms with E-state index in [2.05, 4.69) is 5.32 Å². The lowest BCUT2D eigenvalue weighted by molar-refractivity contribution is 0.368. The van der Waals surface area contributed by atoms with Crippen LogP contribution in [0, 0.1) is 0 Å². The van der Waals surface area contributed by atoms with E-state index in [4.69, 9.17) is 0 Å². The summed E-state index contributed by atoms with van der Waals surface area (Å²) < 4.78 is 3.66. The summed E-state index contributed by atoms with van der Waals surface area (Å²) in [5.41, 5.74) is 2.17. The highest BCUT2D eigenvalue weighted by Crippen LogP contribution is 2.15. The Morgan fingerprint density at radius 3 is 2.80 bits per heavy atom. The van der Waals surface area contributed by atoms with Gasteiger partial charge in [-0.2, -0.15) is 0 Å². The average Bonchev–Trinajstić information content (AvgIpc) is 2.74. The fourth-order valence-electron chi connectivity index (χ4n) is 3.25. The topological polar surface area (TPSA) is 39.0 Å². The predicted molar refractivity (Wildman–Crippen MR) is 82.1 cm³/mol. The normalized spacial score (nSPS) is 19.6. The molecule has 1 saturated heterocycles. The van der Waals surface area contributed by atoms with Crippen LogP contribution in [0.3, 0.4) is 0 Å². The molecule has 1 aromatic heterocycles. The summed E-state index contributed by atoms with van der Waals surface area (Å²) in [6.45, 7) is 1.97. The van der Waals surface area contributed by atoms with Crippen molar-refractivity contribution < 1.29 is 0 Å². The molecule has 4 nitrogen and oxygen atoms in total. The van der Waals surface area contributed by atoms with Crippen molar-refractivity contribution in [3.63, 3.8) is 0 Å². The zero-order valence-electron chi connectivity index (χ0n) is 12.1. The number of hydrogen-bond acceptors (Lipinski definition) is 2. The summed E-state index contributed by atoms with van der Waals surface area (Å²) in [7, 11) is 1.85. The van der Waals surface area contributed by atoms with E-state index in [1.165, 1.54) is 19.3 Å². The van der Waals surface area contributed by atoms with E-state index in [1.54, 1.807) is 4.57 Å². The minimum Gasteiger partial charge on any atom is -0.314 e. The number of piperidine rings is 1. The van der Waals surface area contributed by atoms with Crippen molar-refractivity contribution in [2.75, 3.05) is 6.54 Å². The monoisotopic (exact) mass is 273 g/mol. The van der Waals surface area contributed by atoms with Crippen molar-refractivity contribution in [1.29, 1.82) is 0 Å². The quantitative estimate of drug-likeness (QED) is 0.928. The van der Waals surface area contributed by atoms with Crippen LogP contribution in [0.15, 0.2) is 29.1 Å². The third kappa shape index (κ3) is 2.52. The molecule has 0 bridgehead atoms. The van der Waals surface area contributed by atoms with E-state index in [9.17, 15) is 4.79 Å². The first-order valence-corrected chi connectivity index (χ1v) is 7.65. The zero-order chi connectivity index (χ0) is 13.9. The molecular formula is C16H23N3O. The molecule has 0 aliphatic carbocycles. The van der Waals surface area contributed by atoms with Crippen molar-refractivity contribution in [3.8, 4) is 0 Å². The molecule has 0 saturated carbocycles. The lowest BCUT2D eigenvalue weighted by Crippen LogP contribution is -2.34. The van der Waals surface area contributed by atoms with Gasteiger partial charge in [0.25, 0.3) is 0 Å². The first kappa shape index (κ1) is 13.4. The van der Waals surface area contributed by atoms with Gasteiger partial charge in [0, 0.05) is 19.6 Å². The summed E-state index contributed by atoms with van der Waals surface area (Å²) in [5, 5.41) is 3.57. The molecule has 1 atom stereocenters. The van der Waals surface area contributed by atoms with E-state index in [1.807, 2.05) is 35.9 Å². The third-order valence-corrected chi connectivity index (χ3v) is 4.40. The van der Waals surface area contributed by atoms with E-state index < -0.39 is 0 Å². The van der Waals surface area contributed by atoms with Crippen molar-refractivity contribution >= 4 is 11.0 Å². The van der Waals surface area contributed by atoms with Crippen LogP contribution in [0.25, 0.3) is 11.0 Å². The van der Waals surface area contributed by atoms with Gasteiger partial charge in [0.1, 0.15) is 0 Å². The molecule has 1 N–H and O–H groups in total. The average molecular weight is 273 g/mol. The van der Waals surface area contributed by atoms with Crippen molar-refractivity contribution in [3.05, 3.63) is 34.7 Å². The first-order chi connectivity index (χ1) is 9.77. The first-order valence-electron chi connectivity index (χ1n) is 7.65. The molecule has 2 heterocycles. The van der Waals surface area contributed by atoms with Gasteiger partial charge in [-0.15, -0.1) is 0 Å². The van der Waals surface area contributed by atoms with Gasteiger partial charge in [-0.3, -0.25) is 9.13 Å². The lowest BCUT2D eigenvalue weighted by atomic mass is 10.0. The molecule has 1 fully saturated rings. The summed E-state index contributed by atoms with van der Waals surface area (Å²) >= 11 is 0. The van der Waals surface area contributed by atoms with E-state index >= 15 is 0 Å². The van der Waals surface area contributed by atoms with Gasteiger partial charge >= 0.3 is 5.69 Å². The van der Waals surface area contributed by atoms with Gasteiger partial charge in [-0.25, -0.2) is 4.79 Å². The third-order valence-electron chi connectivity index (χ3n) is 4.40. The molecule has 1 aromatic carbocycles. The van der Waals surface area contributed by atoms with E-state index in [0.717, 1.165) is 37.0 Å². The summed E-state index contributed by atoms with van der Waals surface area (Å²) in [5.74, 6) is 0. The van der Waals surface area contributed by atoms with Gasteiger partial charge in [-0.1, -0.05) is 18.6 Å². The van der Waals surface area contributed by atoms with Crippen LogP contribution in [0.1, 0.15) is 32.1 Å². The number of benzene rings is 1. The predicted octanol–water partition coefficient (Wildman–Crippen LogP) is 2.26. The second-order valence-electron chi connectivity index (χ2n) is 5.77. The van der Waals surface area contributed by atoms with Crippen LogP contribution in [0.4, 0.5) is 0 Å². The SMILES string of the molecule is Cn1c(=O)n(CCCC2CCCCN2)c2ccccc21. The number of aryl methyl sites for hydroxylation is 2. The number of nitrogens with zero attached hydrogens (tertiary/aromatic N) is 2. The van der Waals surface area contributed by atoms with Crippen LogP contribution >= 0.6 is 0 Å². The maximum atomic E-state index is 12.3. The molecule has 0 spiro atoms. The molecule has 108 valence electrons. The number of nitrogens with one attached hydrogen (secondary N) is 1. The summed E-state index contributed by atoms with van der Waals surface area (Å²) in [6.07, 6.45) is 6.15. The van der Waals surface area contributed by atoms with Gasteiger partial charge in [-0.05, 0) is 44.4 Å². The van der Waals surface area contributed by atoms with Gasteiger partial charge < -0.3 is 5.32 Å². The molecule has 1 unspecified atom stereocenters. The van der Waals surface area contributed by atoms with Crippen LogP contribution in [-0.2, 0) is 13.6 Å². The molecule has 3 rings (SSSR count). The smallest absolute Gasteiger partial charge is 0.314 e. The molecule has 1 aliphatic heterocycles. The number of hydrogen-bond donors (Lipinski definition) is 1. The Kier molecular flexibility index (Phi) is 3.92. The highest BCUT2D eigenvalue weighted by atomic mass is 16.1. The minimum absolute atomic E-state index is 0.0998. The van der Waals surface area contributed by atoms with Gasteiger partial charge in [0.05, 0.1) is 11.0 Å². The van der Waals surface area contributed by atoms with Gasteiger partial charge in [0.2, 0.25) is 0 Å². The Balaban J connectivity index is 1.71. The summed E-state index contributed by atoms with van der Waals surface area (Å²) in [6, 6.07) is 8.68. The van der Waals surface area contributed by atoms with Crippen LogP contribution in [0.2, 0.25) is 0 Å². The Bertz CT molecular complexity index is 635. The highest BCUT2D eigenvalue weighted by Gasteiger charge is 2.13. The van der Waals surface area contributed by atoms with Crippen molar-refractivity contribution in [1.82, 2.24) is 14.5 Å². The number of fused-ring (bicyclic) bond motifs is 1. The fourth-order valence-corrected chi connectivity index (χ4v) is 3.25. The largest absolute Gasteiger partial charge is 0.328 e. The lowest BCUT2D eigenvalue weighted by Gasteiger charge is -2.23. The highest BCUT2D eigenvalue weighted by molar-refractivity contribution is 5.75. The van der Waals surface area contributed by atoms with Crippen molar-refractivity contribution in [2.24, 2.45) is 7.05 Å². The maximum absolute atomic E-state index is 12.3. The van der Waals surface area contributed by atoms with Gasteiger partial charge in [0.15, 0.2) is 0 Å². The van der Waals surface area contributed by atoms with Crippen LogP contribution in [-0.4, -0.2) is 21.7 Å². The Morgan fingerprint density at radius 1 is 1.25 bits per heavy atom. The van der Waals surface area contributed by atoms with Crippen LogP contribution in [0.5, 0.6) is 0 Å². The molecule has 2 aromatic rings. The Hall–Kier alpha value is -1.55. The number of rotatable bonds is 4. The Morgan fingerprint density at radius 2 is 2.05 bits per heavy atom. The molecule has 4 heteroatoms. The number of aromatic nitrogens is 2. The number of imidazole rings is 1. The standard InChI is InChI=1S/C16H23N3O/c1-18-14-9-2-3-10-15(14)19(16(18)20)12-6-8-13-7-4-5-11-17-13/h2-3,9-10,13,17H,4-8,11-12H2,1H3. The van der Waals surface area contributed by atoms with Crippen molar-refractivity contribution in [2.45, 2.75) is 44.7 Å². The molecule has 1 aliphatic rings. The molecular weight excluding hydrogens is 250 g/mol. The van der Waals surface area contributed by atoms with E-state index in [0.29, 0.717) is 6.04 Å². The second kappa shape index (κ2) is 5.83. The molecule has 0 amide bonds. The molecule has 20 heavy (non-hydrogen) atoms. The minimum atomic E-state index is 0.0998. The zero-order valence-corrected chi connectivity index (χ0v) is 12.1. The molecule has 0 radical (unpaired) electrons. The summed E-state index contributed by atoms with van der Waals surface area (Å²) in [4.78, 5) is 12.3. The fraction of sp³-hybridized carbons (Fsp3) is 0.562.